The molecule has 7 nitrogen and oxygen atoms in total. The molecule has 2 aromatic heterocycles. The van der Waals surface area contributed by atoms with Gasteiger partial charge in [0.1, 0.15) is 23.3 Å². The third-order valence-electron chi connectivity index (χ3n) is 5.87. The molecule has 1 aliphatic rings. The molecule has 4 aromatic rings. The van der Waals surface area contributed by atoms with Gasteiger partial charge >= 0.3 is 0 Å². The number of piperazine rings is 1. The topological polar surface area (TPSA) is 85.4 Å². The normalized spacial score (nSPS) is 15.1. The number of fused-ring (bicyclic) bond motifs is 1. The second kappa shape index (κ2) is 9.00. The van der Waals surface area contributed by atoms with Gasteiger partial charge in [0.15, 0.2) is 6.10 Å². The van der Waals surface area contributed by atoms with Gasteiger partial charge in [-0.15, -0.1) is 0 Å². The number of nitrogens with one attached hydrogen (secondary N) is 1. The first-order valence-corrected chi connectivity index (χ1v) is 11.1. The van der Waals surface area contributed by atoms with Crippen LogP contribution in [0.3, 0.4) is 0 Å². The van der Waals surface area contributed by atoms with Gasteiger partial charge in [-0.2, -0.15) is 0 Å². The van der Waals surface area contributed by atoms with Crippen molar-refractivity contribution in [1.29, 1.82) is 0 Å². The zero-order valence-electron chi connectivity index (χ0n) is 17.9. The van der Waals surface area contributed by atoms with E-state index in [1.54, 1.807) is 12.3 Å². The van der Waals surface area contributed by atoms with E-state index in [2.05, 4.69) is 15.0 Å². The lowest BCUT2D eigenvalue weighted by Crippen LogP contribution is -2.50. The highest BCUT2D eigenvalue weighted by Crippen LogP contribution is 2.25. The minimum atomic E-state index is -1.75. The number of carbonyl (C=O) groups is 1. The van der Waals surface area contributed by atoms with Crippen LogP contribution in [0, 0.1) is 11.6 Å². The quantitative estimate of drug-likeness (QED) is 0.459. The van der Waals surface area contributed by atoms with Crippen LogP contribution in [0.25, 0.3) is 22.4 Å². The number of hydrogen-bond donors (Lipinski definition) is 2. The van der Waals surface area contributed by atoms with Gasteiger partial charge in [0.25, 0.3) is 5.91 Å². The van der Waals surface area contributed by atoms with Crippen LogP contribution < -0.4 is 4.90 Å². The number of H-pyrrole nitrogens is 1. The van der Waals surface area contributed by atoms with Crippen LogP contribution in [0.5, 0.6) is 0 Å². The van der Waals surface area contributed by atoms with E-state index in [0.29, 0.717) is 37.0 Å². The number of anilines is 1. The van der Waals surface area contributed by atoms with E-state index in [1.807, 2.05) is 29.2 Å². The molecule has 0 radical (unpaired) electrons. The van der Waals surface area contributed by atoms with E-state index in [-0.39, 0.29) is 5.56 Å². The summed E-state index contributed by atoms with van der Waals surface area (Å²) < 4.78 is 27.4. The summed E-state index contributed by atoms with van der Waals surface area (Å²) in [6, 6.07) is 11.9. The standard InChI is InChI=1S/C24H20ClF2N5O2/c25-15-2-5-19-20(11-15)30-23(29-19)14-1-6-21(28-13-14)31-7-9-32(10-8-31)24(34)22(33)17-12-16(26)3-4-18(17)27/h1-6,11-13,22,33H,7-10H2,(H,29,30). The molecule has 2 N–H and O–H groups in total. The van der Waals surface area contributed by atoms with Crippen molar-refractivity contribution in [3.63, 3.8) is 0 Å². The zero-order chi connectivity index (χ0) is 23.8. The molecule has 1 saturated heterocycles. The van der Waals surface area contributed by atoms with Gasteiger partial charge in [-0.05, 0) is 48.5 Å². The molecule has 1 fully saturated rings. The fourth-order valence-electron chi connectivity index (χ4n) is 4.02. The zero-order valence-corrected chi connectivity index (χ0v) is 18.6. The first kappa shape index (κ1) is 22.2. The molecule has 1 unspecified atom stereocenters. The highest BCUT2D eigenvalue weighted by molar-refractivity contribution is 6.31. The van der Waals surface area contributed by atoms with E-state index in [9.17, 15) is 18.7 Å². The minimum absolute atomic E-state index is 0.320. The van der Waals surface area contributed by atoms with Gasteiger partial charge in [0.05, 0.1) is 11.0 Å². The van der Waals surface area contributed by atoms with Crippen molar-refractivity contribution in [2.24, 2.45) is 0 Å². The average Bonchev–Trinajstić information content (AvgIpc) is 3.28. The molecule has 1 atom stereocenters. The van der Waals surface area contributed by atoms with Gasteiger partial charge in [-0.1, -0.05) is 11.6 Å². The van der Waals surface area contributed by atoms with E-state index in [0.717, 1.165) is 40.6 Å². The van der Waals surface area contributed by atoms with Crippen molar-refractivity contribution in [1.82, 2.24) is 19.9 Å². The minimum Gasteiger partial charge on any atom is -0.378 e. The van der Waals surface area contributed by atoms with E-state index < -0.39 is 23.6 Å². The van der Waals surface area contributed by atoms with E-state index in [4.69, 9.17) is 11.6 Å². The molecule has 0 bridgehead atoms. The number of amides is 1. The Labute approximate surface area is 198 Å². The Balaban J connectivity index is 1.24. The number of carbonyl (C=O) groups excluding carboxylic acids is 1. The fourth-order valence-corrected chi connectivity index (χ4v) is 4.19. The first-order chi connectivity index (χ1) is 16.4. The van der Waals surface area contributed by atoms with Gasteiger partial charge < -0.3 is 19.9 Å². The molecule has 5 rings (SSSR count). The molecule has 3 heterocycles. The molecule has 0 spiro atoms. The fraction of sp³-hybridized carbons (Fsp3) is 0.208. The number of aliphatic hydroxyl groups is 1. The molecule has 0 saturated carbocycles. The Morgan fingerprint density at radius 2 is 1.85 bits per heavy atom. The number of imidazole rings is 1. The Bertz CT molecular complexity index is 1350. The first-order valence-electron chi connectivity index (χ1n) is 10.7. The largest absolute Gasteiger partial charge is 0.378 e. The maximum absolute atomic E-state index is 13.9. The summed E-state index contributed by atoms with van der Waals surface area (Å²) in [5.74, 6) is -0.763. The van der Waals surface area contributed by atoms with Crippen molar-refractivity contribution in [2.75, 3.05) is 31.1 Å². The van der Waals surface area contributed by atoms with Crippen LogP contribution in [0.15, 0.2) is 54.7 Å². The summed E-state index contributed by atoms with van der Waals surface area (Å²) in [6.07, 6.45) is -0.0267. The van der Waals surface area contributed by atoms with Crippen molar-refractivity contribution in [2.45, 2.75) is 6.10 Å². The van der Waals surface area contributed by atoms with Gasteiger partial charge in [0, 0.05) is 48.5 Å². The Kier molecular flexibility index (Phi) is 5.89. The summed E-state index contributed by atoms with van der Waals surface area (Å²) in [7, 11) is 0. The van der Waals surface area contributed by atoms with E-state index >= 15 is 0 Å². The number of aromatic amines is 1. The highest BCUT2D eigenvalue weighted by Gasteiger charge is 2.29. The second-order valence-electron chi connectivity index (χ2n) is 8.03. The summed E-state index contributed by atoms with van der Waals surface area (Å²) in [6.45, 7) is 1.61. The number of benzene rings is 2. The van der Waals surface area contributed by atoms with Gasteiger partial charge in [-0.25, -0.2) is 18.7 Å². The van der Waals surface area contributed by atoms with Crippen LogP contribution in [0.2, 0.25) is 5.02 Å². The molecule has 34 heavy (non-hydrogen) atoms. The molecule has 10 heteroatoms. The monoisotopic (exact) mass is 483 g/mol. The third kappa shape index (κ3) is 4.32. The molecule has 1 aliphatic heterocycles. The van der Waals surface area contributed by atoms with Crippen LogP contribution in [0.4, 0.5) is 14.6 Å². The molecule has 0 aliphatic carbocycles. The number of nitrogens with zero attached hydrogens (tertiary/aromatic N) is 4. The second-order valence-corrected chi connectivity index (χ2v) is 8.47. The maximum Gasteiger partial charge on any atom is 0.256 e. The number of pyridine rings is 1. The lowest BCUT2D eigenvalue weighted by atomic mass is 10.1. The number of hydrogen-bond acceptors (Lipinski definition) is 5. The predicted molar refractivity (Wildman–Crippen MR) is 124 cm³/mol. The Hall–Kier alpha value is -3.56. The number of rotatable bonds is 4. The summed E-state index contributed by atoms with van der Waals surface area (Å²) in [5.41, 5.74) is 2.11. The SMILES string of the molecule is O=C(C(O)c1cc(F)ccc1F)N1CCN(c2ccc(-c3nc4ccc(Cl)cc4[nH]3)cn2)CC1. The number of aromatic nitrogens is 3. The lowest BCUT2D eigenvalue weighted by Gasteiger charge is -2.36. The van der Waals surface area contributed by atoms with Crippen molar-refractivity contribution in [3.8, 4) is 11.4 Å². The lowest BCUT2D eigenvalue weighted by molar-refractivity contribution is -0.141. The Morgan fingerprint density at radius 3 is 2.59 bits per heavy atom. The predicted octanol–water partition coefficient (Wildman–Crippen LogP) is 3.94. The smallest absolute Gasteiger partial charge is 0.256 e. The molecule has 2 aromatic carbocycles. The van der Waals surface area contributed by atoms with Crippen LogP contribution in [-0.4, -0.2) is 57.0 Å². The number of aliphatic hydroxyl groups excluding tert-OH is 1. The van der Waals surface area contributed by atoms with Crippen molar-refractivity contribution < 1.29 is 18.7 Å². The van der Waals surface area contributed by atoms with Crippen LogP contribution in [-0.2, 0) is 4.79 Å². The number of halogens is 3. The maximum atomic E-state index is 13.9. The molecule has 174 valence electrons. The van der Waals surface area contributed by atoms with Gasteiger partial charge in [-0.3, -0.25) is 4.79 Å². The van der Waals surface area contributed by atoms with Crippen molar-refractivity contribution in [3.05, 3.63) is 76.9 Å². The average molecular weight is 484 g/mol. The Morgan fingerprint density at radius 1 is 1.06 bits per heavy atom. The summed E-state index contributed by atoms with van der Waals surface area (Å²) in [4.78, 5) is 28.4. The van der Waals surface area contributed by atoms with Crippen LogP contribution >= 0.6 is 11.6 Å². The molecular weight excluding hydrogens is 464 g/mol. The van der Waals surface area contributed by atoms with Crippen molar-refractivity contribution >= 4 is 34.4 Å². The third-order valence-corrected chi connectivity index (χ3v) is 6.10. The molecular formula is C24H20ClF2N5O2. The van der Waals surface area contributed by atoms with Crippen LogP contribution in [0.1, 0.15) is 11.7 Å². The summed E-state index contributed by atoms with van der Waals surface area (Å²) in [5, 5.41) is 10.9. The summed E-state index contributed by atoms with van der Waals surface area (Å²) >= 11 is 6.04. The molecule has 1 amide bonds. The van der Waals surface area contributed by atoms with Gasteiger partial charge in [0.2, 0.25) is 0 Å². The highest BCUT2D eigenvalue weighted by atomic mass is 35.5. The van der Waals surface area contributed by atoms with E-state index in [1.165, 1.54) is 4.90 Å².